The Kier molecular flexibility index (Phi) is 11.5. The summed E-state index contributed by atoms with van der Waals surface area (Å²) in [7, 11) is 0. The van der Waals surface area contributed by atoms with Crippen LogP contribution in [0, 0.1) is 5.92 Å². The van der Waals surface area contributed by atoms with Crippen LogP contribution < -0.4 is 0 Å². The first kappa shape index (κ1) is 20.9. The monoisotopic (exact) mass is 341 g/mol. The highest BCUT2D eigenvalue weighted by Gasteiger charge is 2.19. The molecule has 1 aliphatic rings. The molecule has 140 valence electrons. The Balaban J connectivity index is 2.38. The fraction of sp³-hybridized carbons (Fsp3) is 0.895. The summed E-state index contributed by atoms with van der Waals surface area (Å²) >= 11 is 0. The molecule has 0 unspecified atom stereocenters. The second-order valence-corrected chi connectivity index (χ2v) is 6.53. The van der Waals surface area contributed by atoms with Crippen LogP contribution in [0.1, 0.15) is 71.6 Å². The van der Waals surface area contributed by atoms with E-state index < -0.39 is 0 Å². The summed E-state index contributed by atoms with van der Waals surface area (Å²) in [6.07, 6.45) is 9.15. The van der Waals surface area contributed by atoms with Gasteiger partial charge in [0.15, 0.2) is 0 Å². The van der Waals surface area contributed by atoms with Gasteiger partial charge in [0.25, 0.3) is 0 Å². The van der Waals surface area contributed by atoms with Crippen LogP contribution in [0.15, 0.2) is 0 Å². The van der Waals surface area contributed by atoms with Crippen LogP contribution in [-0.2, 0) is 19.1 Å². The number of hydrogen-bond donors (Lipinski definition) is 0. The Labute approximate surface area is 147 Å². The van der Waals surface area contributed by atoms with Gasteiger partial charge in [0, 0.05) is 32.7 Å². The minimum Gasteiger partial charge on any atom is -0.466 e. The number of carbonyl (C=O) groups excluding carboxylic acids is 2. The van der Waals surface area contributed by atoms with Crippen LogP contribution in [-0.4, -0.2) is 49.7 Å². The third-order valence-electron chi connectivity index (χ3n) is 4.66. The summed E-state index contributed by atoms with van der Waals surface area (Å²) < 4.78 is 10.3. The third kappa shape index (κ3) is 9.26. The van der Waals surface area contributed by atoms with Gasteiger partial charge in [-0.2, -0.15) is 0 Å². The van der Waals surface area contributed by atoms with Crippen LogP contribution in [0.25, 0.3) is 0 Å². The summed E-state index contributed by atoms with van der Waals surface area (Å²) in [6.45, 7) is 6.61. The Bertz CT molecular complexity index is 353. The minimum absolute atomic E-state index is 0.168. The molecule has 5 nitrogen and oxygen atoms in total. The standard InChI is InChI=1S/C19H35NO4/c1-3-23-16-8-14-20(15-13-19(22)24-4-2)18(21)12-11-17-9-6-5-7-10-17/h17H,3-16H2,1-2H3. The predicted molar refractivity (Wildman–Crippen MR) is 94.7 cm³/mol. The molecule has 0 N–H and O–H groups in total. The van der Waals surface area contributed by atoms with E-state index in [1.807, 2.05) is 11.8 Å². The molecular weight excluding hydrogens is 306 g/mol. The van der Waals surface area contributed by atoms with Gasteiger partial charge in [-0.15, -0.1) is 0 Å². The Morgan fingerprint density at radius 1 is 1.00 bits per heavy atom. The van der Waals surface area contributed by atoms with Gasteiger partial charge in [-0.25, -0.2) is 0 Å². The fourth-order valence-corrected chi connectivity index (χ4v) is 3.28. The maximum Gasteiger partial charge on any atom is 0.307 e. The van der Waals surface area contributed by atoms with Gasteiger partial charge >= 0.3 is 5.97 Å². The molecule has 1 rings (SSSR count). The normalized spacial score (nSPS) is 15.2. The molecule has 1 fully saturated rings. The van der Waals surface area contributed by atoms with Crippen LogP contribution >= 0.6 is 0 Å². The number of amides is 1. The van der Waals surface area contributed by atoms with Crippen molar-refractivity contribution in [2.45, 2.75) is 71.6 Å². The molecular formula is C19H35NO4. The molecule has 5 heteroatoms. The lowest BCUT2D eigenvalue weighted by molar-refractivity contribution is -0.144. The largest absolute Gasteiger partial charge is 0.466 e. The molecule has 0 aliphatic heterocycles. The Hall–Kier alpha value is -1.10. The molecule has 0 bridgehead atoms. The minimum atomic E-state index is -0.229. The van der Waals surface area contributed by atoms with E-state index in [2.05, 4.69) is 0 Å². The third-order valence-corrected chi connectivity index (χ3v) is 4.66. The van der Waals surface area contributed by atoms with E-state index in [-0.39, 0.29) is 18.3 Å². The molecule has 0 aromatic rings. The van der Waals surface area contributed by atoms with Crippen molar-refractivity contribution >= 4 is 11.9 Å². The van der Waals surface area contributed by atoms with E-state index in [1.54, 1.807) is 6.92 Å². The average Bonchev–Trinajstić information content (AvgIpc) is 2.60. The summed E-state index contributed by atoms with van der Waals surface area (Å²) in [6, 6.07) is 0. The van der Waals surface area contributed by atoms with E-state index in [9.17, 15) is 9.59 Å². The highest BCUT2D eigenvalue weighted by Crippen LogP contribution is 2.27. The molecule has 1 aliphatic carbocycles. The van der Waals surface area contributed by atoms with Crippen LogP contribution in [0.5, 0.6) is 0 Å². The van der Waals surface area contributed by atoms with Crippen molar-refractivity contribution in [3.05, 3.63) is 0 Å². The fourth-order valence-electron chi connectivity index (χ4n) is 3.28. The van der Waals surface area contributed by atoms with E-state index in [4.69, 9.17) is 9.47 Å². The lowest BCUT2D eigenvalue weighted by Gasteiger charge is -2.25. The smallest absolute Gasteiger partial charge is 0.307 e. The zero-order valence-corrected chi connectivity index (χ0v) is 15.6. The Morgan fingerprint density at radius 3 is 2.42 bits per heavy atom. The highest BCUT2D eigenvalue weighted by atomic mass is 16.5. The summed E-state index contributed by atoms with van der Waals surface area (Å²) in [5, 5.41) is 0. The summed E-state index contributed by atoms with van der Waals surface area (Å²) in [5.41, 5.74) is 0. The topological polar surface area (TPSA) is 55.8 Å². The molecule has 1 saturated carbocycles. The molecule has 24 heavy (non-hydrogen) atoms. The highest BCUT2D eigenvalue weighted by molar-refractivity contribution is 5.77. The van der Waals surface area contributed by atoms with Gasteiger partial charge in [-0.1, -0.05) is 32.1 Å². The van der Waals surface area contributed by atoms with Crippen molar-refractivity contribution in [2.24, 2.45) is 5.92 Å². The van der Waals surface area contributed by atoms with Gasteiger partial charge < -0.3 is 14.4 Å². The molecule has 0 saturated heterocycles. The molecule has 0 heterocycles. The van der Waals surface area contributed by atoms with E-state index in [0.717, 1.165) is 12.8 Å². The number of carbonyl (C=O) groups is 2. The van der Waals surface area contributed by atoms with Crippen molar-refractivity contribution in [1.29, 1.82) is 0 Å². The zero-order chi connectivity index (χ0) is 17.6. The van der Waals surface area contributed by atoms with Crippen molar-refractivity contribution in [2.75, 3.05) is 32.9 Å². The first-order valence-corrected chi connectivity index (χ1v) is 9.68. The number of nitrogens with zero attached hydrogens (tertiary/aromatic N) is 1. The van der Waals surface area contributed by atoms with E-state index in [1.165, 1.54) is 32.1 Å². The molecule has 1 amide bonds. The molecule has 0 aromatic heterocycles. The van der Waals surface area contributed by atoms with Crippen molar-refractivity contribution < 1.29 is 19.1 Å². The summed E-state index contributed by atoms with van der Waals surface area (Å²) in [4.78, 5) is 25.9. The van der Waals surface area contributed by atoms with Gasteiger partial charge in [0.2, 0.25) is 5.91 Å². The second kappa shape index (κ2) is 13.2. The maximum atomic E-state index is 12.6. The van der Waals surface area contributed by atoms with E-state index >= 15 is 0 Å². The van der Waals surface area contributed by atoms with Gasteiger partial charge in [0.1, 0.15) is 0 Å². The SMILES string of the molecule is CCOCCCN(CCC(=O)OCC)C(=O)CCC1CCCCC1. The van der Waals surface area contributed by atoms with Crippen LogP contribution in [0.2, 0.25) is 0 Å². The molecule has 0 aromatic carbocycles. The average molecular weight is 341 g/mol. The molecule has 0 radical (unpaired) electrons. The number of esters is 1. The lowest BCUT2D eigenvalue weighted by Crippen LogP contribution is -2.35. The summed E-state index contributed by atoms with van der Waals surface area (Å²) in [5.74, 6) is 0.645. The van der Waals surface area contributed by atoms with Gasteiger partial charge in [-0.3, -0.25) is 9.59 Å². The number of rotatable bonds is 12. The first-order chi connectivity index (χ1) is 11.7. The molecule has 0 atom stereocenters. The van der Waals surface area contributed by atoms with Crippen molar-refractivity contribution in [3.63, 3.8) is 0 Å². The lowest BCUT2D eigenvalue weighted by atomic mass is 9.86. The van der Waals surface area contributed by atoms with E-state index in [0.29, 0.717) is 45.2 Å². The maximum absolute atomic E-state index is 12.6. The number of ether oxygens (including phenoxy) is 2. The van der Waals surface area contributed by atoms with Crippen molar-refractivity contribution in [1.82, 2.24) is 4.90 Å². The molecule has 0 spiro atoms. The number of hydrogen-bond acceptors (Lipinski definition) is 4. The quantitative estimate of drug-likeness (QED) is 0.402. The Morgan fingerprint density at radius 2 is 1.75 bits per heavy atom. The van der Waals surface area contributed by atoms with Crippen molar-refractivity contribution in [3.8, 4) is 0 Å². The predicted octanol–water partition coefficient (Wildman–Crippen LogP) is 3.56. The first-order valence-electron chi connectivity index (χ1n) is 9.68. The van der Waals surface area contributed by atoms with Crippen LogP contribution in [0.4, 0.5) is 0 Å². The van der Waals surface area contributed by atoms with Gasteiger partial charge in [0.05, 0.1) is 13.0 Å². The second-order valence-electron chi connectivity index (χ2n) is 6.53. The zero-order valence-electron chi connectivity index (χ0n) is 15.6. The van der Waals surface area contributed by atoms with Crippen LogP contribution in [0.3, 0.4) is 0 Å². The van der Waals surface area contributed by atoms with Gasteiger partial charge in [-0.05, 0) is 32.6 Å².